The van der Waals surface area contributed by atoms with E-state index in [2.05, 4.69) is 0 Å². The molecule has 0 unspecified atom stereocenters. The van der Waals surface area contributed by atoms with Crippen LogP contribution in [-0.2, 0) is 20.2 Å². The zero-order valence-electron chi connectivity index (χ0n) is 11.8. The Morgan fingerprint density at radius 1 is 0.909 bits per heavy atom. The third kappa shape index (κ3) is 3.65. The van der Waals surface area contributed by atoms with Gasteiger partial charge in [0.2, 0.25) is 0 Å². The summed E-state index contributed by atoms with van der Waals surface area (Å²) in [6, 6.07) is 9.66. The predicted molar refractivity (Wildman–Crippen MR) is 80.0 cm³/mol. The molecular weight excluding hydrogens is 328 g/mol. The third-order valence-corrected chi connectivity index (χ3v) is 5.21. The van der Waals surface area contributed by atoms with Gasteiger partial charge in [0.05, 0.1) is 0 Å². The zero-order valence-corrected chi connectivity index (χ0v) is 13.5. The standard InChI is InChI=1S/C14H14O6S2/c1-10-3-7-13(8-4-10)22(18,19)20-12-6-5-11(2)14(9-12)21(15,16)17/h3-9H,1-2H3,(H,15,16,17). The first-order valence-electron chi connectivity index (χ1n) is 6.19. The molecule has 0 spiro atoms. The van der Waals surface area contributed by atoms with Crippen molar-refractivity contribution in [3.8, 4) is 5.75 Å². The predicted octanol–water partition coefficient (Wildman–Crippen LogP) is 2.32. The van der Waals surface area contributed by atoms with E-state index in [0.29, 0.717) is 0 Å². The first-order valence-corrected chi connectivity index (χ1v) is 9.04. The summed E-state index contributed by atoms with van der Waals surface area (Å²) in [4.78, 5) is -0.448. The van der Waals surface area contributed by atoms with Gasteiger partial charge in [-0.2, -0.15) is 16.8 Å². The van der Waals surface area contributed by atoms with E-state index in [0.717, 1.165) is 11.6 Å². The molecule has 0 saturated carbocycles. The van der Waals surface area contributed by atoms with Gasteiger partial charge in [-0.05, 0) is 37.6 Å². The van der Waals surface area contributed by atoms with Crippen LogP contribution >= 0.6 is 0 Å². The smallest absolute Gasteiger partial charge is 0.339 e. The molecule has 0 bridgehead atoms. The molecule has 0 atom stereocenters. The highest BCUT2D eigenvalue weighted by Gasteiger charge is 2.19. The van der Waals surface area contributed by atoms with Crippen molar-refractivity contribution in [3.63, 3.8) is 0 Å². The van der Waals surface area contributed by atoms with E-state index in [1.807, 2.05) is 6.92 Å². The summed E-state index contributed by atoms with van der Waals surface area (Å²) in [6.07, 6.45) is 0. The number of rotatable bonds is 4. The second-order valence-corrected chi connectivity index (χ2v) is 7.69. The van der Waals surface area contributed by atoms with E-state index >= 15 is 0 Å². The highest BCUT2D eigenvalue weighted by atomic mass is 32.2. The highest BCUT2D eigenvalue weighted by molar-refractivity contribution is 7.87. The molecule has 0 saturated heterocycles. The number of hydrogen-bond acceptors (Lipinski definition) is 5. The van der Waals surface area contributed by atoms with Gasteiger partial charge < -0.3 is 4.18 Å². The van der Waals surface area contributed by atoms with Crippen LogP contribution in [0.25, 0.3) is 0 Å². The fraction of sp³-hybridized carbons (Fsp3) is 0.143. The molecule has 0 amide bonds. The summed E-state index contributed by atoms with van der Waals surface area (Å²) in [5.41, 5.74) is 1.17. The minimum Gasteiger partial charge on any atom is -0.379 e. The molecule has 0 radical (unpaired) electrons. The highest BCUT2D eigenvalue weighted by Crippen LogP contribution is 2.24. The normalized spacial score (nSPS) is 12.1. The summed E-state index contributed by atoms with van der Waals surface area (Å²) in [5, 5.41) is 0. The van der Waals surface area contributed by atoms with Crippen molar-refractivity contribution in [1.29, 1.82) is 0 Å². The molecule has 0 aliphatic carbocycles. The maximum Gasteiger partial charge on any atom is 0.339 e. The van der Waals surface area contributed by atoms with Crippen molar-refractivity contribution in [3.05, 3.63) is 53.6 Å². The van der Waals surface area contributed by atoms with Gasteiger partial charge in [-0.15, -0.1) is 0 Å². The van der Waals surface area contributed by atoms with E-state index < -0.39 is 25.1 Å². The Morgan fingerprint density at radius 3 is 2.05 bits per heavy atom. The number of hydrogen-bond donors (Lipinski definition) is 1. The van der Waals surface area contributed by atoms with Crippen LogP contribution in [0.4, 0.5) is 0 Å². The Balaban J connectivity index is 2.40. The largest absolute Gasteiger partial charge is 0.379 e. The summed E-state index contributed by atoms with van der Waals surface area (Å²) in [6.45, 7) is 3.29. The molecule has 2 aromatic carbocycles. The van der Waals surface area contributed by atoms with E-state index in [1.165, 1.54) is 31.2 Å². The Hall–Kier alpha value is -1.90. The minimum absolute atomic E-state index is 0.0490. The van der Waals surface area contributed by atoms with Crippen molar-refractivity contribution in [1.82, 2.24) is 0 Å². The molecule has 0 fully saturated rings. The second-order valence-electron chi connectivity index (χ2n) is 4.75. The van der Waals surface area contributed by atoms with Crippen LogP contribution < -0.4 is 4.18 Å². The number of benzene rings is 2. The van der Waals surface area contributed by atoms with Crippen LogP contribution in [0, 0.1) is 13.8 Å². The molecule has 22 heavy (non-hydrogen) atoms. The lowest BCUT2D eigenvalue weighted by molar-refractivity contribution is 0.474. The Labute approximate surface area is 129 Å². The minimum atomic E-state index is -4.46. The maximum absolute atomic E-state index is 12.1. The topological polar surface area (TPSA) is 97.7 Å². The average molecular weight is 342 g/mol. The SMILES string of the molecule is Cc1ccc(S(=O)(=O)Oc2ccc(C)c(S(=O)(=O)O)c2)cc1. The molecule has 1 N–H and O–H groups in total. The second kappa shape index (κ2) is 5.71. The van der Waals surface area contributed by atoms with E-state index in [4.69, 9.17) is 8.74 Å². The monoisotopic (exact) mass is 342 g/mol. The Bertz CT molecular complexity index is 897. The summed E-state index contributed by atoms with van der Waals surface area (Å²) >= 11 is 0. The molecular formula is C14H14O6S2. The van der Waals surface area contributed by atoms with E-state index in [1.54, 1.807) is 12.1 Å². The lowest BCUT2D eigenvalue weighted by atomic mass is 10.2. The third-order valence-electron chi connectivity index (χ3n) is 2.95. The van der Waals surface area contributed by atoms with Crippen LogP contribution in [0.15, 0.2) is 52.3 Å². The van der Waals surface area contributed by atoms with Crippen LogP contribution in [0.5, 0.6) is 5.75 Å². The van der Waals surface area contributed by atoms with Gasteiger partial charge in [0.25, 0.3) is 10.1 Å². The first-order chi connectivity index (χ1) is 10.1. The van der Waals surface area contributed by atoms with Gasteiger partial charge in [0.15, 0.2) is 0 Å². The molecule has 6 nitrogen and oxygen atoms in total. The van der Waals surface area contributed by atoms with E-state index in [9.17, 15) is 16.8 Å². The first kappa shape index (κ1) is 16.5. The zero-order chi connectivity index (χ0) is 16.5. The van der Waals surface area contributed by atoms with Crippen molar-refractivity contribution in [2.45, 2.75) is 23.6 Å². The lowest BCUT2D eigenvalue weighted by Gasteiger charge is -2.09. The van der Waals surface area contributed by atoms with Crippen molar-refractivity contribution in [2.75, 3.05) is 0 Å². The van der Waals surface area contributed by atoms with Gasteiger partial charge in [-0.1, -0.05) is 23.8 Å². The molecule has 2 aromatic rings. The average Bonchev–Trinajstić information content (AvgIpc) is 2.40. The van der Waals surface area contributed by atoms with Crippen LogP contribution in [0.3, 0.4) is 0 Å². The van der Waals surface area contributed by atoms with Crippen molar-refractivity contribution >= 4 is 20.2 Å². The van der Waals surface area contributed by atoms with Gasteiger partial charge >= 0.3 is 10.1 Å². The van der Waals surface area contributed by atoms with Gasteiger partial charge in [-0.3, -0.25) is 4.55 Å². The molecule has 8 heteroatoms. The van der Waals surface area contributed by atoms with Gasteiger partial charge in [0, 0.05) is 6.07 Å². The summed E-state index contributed by atoms with van der Waals surface area (Å²) in [7, 11) is -8.54. The quantitative estimate of drug-likeness (QED) is 0.676. The molecule has 0 aromatic heterocycles. The molecule has 0 aliphatic heterocycles. The fourth-order valence-electron chi connectivity index (χ4n) is 1.79. The van der Waals surface area contributed by atoms with Gasteiger partial charge in [-0.25, -0.2) is 0 Å². The molecule has 0 aliphatic rings. The molecule has 2 rings (SSSR count). The van der Waals surface area contributed by atoms with Crippen molar-refractivity contribution in [2.24, 2.45) is 0 Å². The Morgan fingerprint density at radius 2 is 1.50 bits per heavy atom. The lowest BCUT2D eigenvalue weighted by Crippen LogP contribution is -2.10. The number of aryl methyl sites for hydroxylation is 2. The fourth-order valence-corrected chi connectivity index (χ4v) is 3.45. The summed E-state index contributed by atoms with van der Waals surface area (Å²) in [5.74, 6) is -0.196. The van der Waals surface area contributed by atoms with Crippen LogP contribution in [0.1, 0.15) is 11.1 Å². The maximum atomic E-state index is 12.1. The molecule has 118 valence electrons. The van der Waals surface area contributed by atoms with Crippen LogP contribution in [0.2, 0.25) is 0 Å². The summed E-state index contributed by atoms with van der Waals surface area (Å²) < 4.78 is 60.7. The van der Waals surface area contributed by atoms with Gasteiger partial charge in [0.1, 0.15) is 15.5 Å². The Kier molecular flexibility index (Phi) is 4.28. The van der Waals surface area contributed by atoms with E-state index in [-0.39, 0.29) is 16.2 Å². The van der Waals surface area contributed by atoms with Crippen molar-refractivity contribution < 1.29 is 25.6 Å². The van der Waals surface area contributed by atoms with Crippen LogP contribution in [-0.4, -0.2) is 21.4 Å². The molecule has 0 heterocycles.